The summed E-state index contributed by atoms with van der Waals surface area (Å²) in [5, 5.41) is 5.33. The average Bonchev–Trinajstić information content (AvgIpc) is 3.16. The number of fused-ring (bicyclic) bond motifs is 3. The second kappa shape index (κ2) is 9.97. The van der Waals surface area contributed by atoms with Crippen LogP contribution in [-0.2, 0) is 14.3 Å². The third kappa shape index (κ3) is 4.75. The molecule has 174 valence electrons. The minimum atomic E-state index is -0.866. The molecule has 0 fully saturated rings. The highest BCUT2D eigenvalue weighted by Crippen LogP contribution is 2.44. The summed E-state index contributed by atoms with van der Waals surface area (Å²) in [5.41, 5.74) is 5.05. The molecule has 2 amide bonds. The first kappa shape index (κ1) is 23.3. The zero-order valence-electron chi connectivity index (χ0n) is 18.6. The summed E-state index contributed by atoms with van der Waals surface area (Å²) in [7, 11) is 1.25. The van der Waals surface area contributed by atoms with E-state index in [0.29, 0.717) is 5.69 Å². The van der Waals surface area contributed by atoms with E-state index in [1.807, 2.05) is 36.4 Å². The number of methoxy groups -OCH3 is 1. The van der Waals surface area contributed by atoms with Crippen LogP contribution in [0.2, 0.25) is 5.02 Å². The Bertz CT molecular complexity index is 1210. The Balaban J connectivity index is 1.34. The van der Waals surface area contributed by atoms with E-state index in [9.17, 15) is 14.4 Å². The normalized spacial score (nSPS) is 12.8. The minimum Gasteiger partial charge on any atom is -0.465 e. The summed E-state index contributed by atoms with van der Waals surface area (Å²) in [6.45, 7) is 1.69. The second-order valence-corrected chi connectivity index (χ2v) is 8.27. The van der Waals surface area contributed by atoms with Gasteiger partial charge in [0, 0.05) is 11.6 Å². The van der Waals surface area contributed by atoms with Gasteiger partial charge in [-0.3, -0.25) is 4.79 Å². The number of alkyl carbamates (subject to hydrolysis) is 1. The van der Waals surface area contributed by atoms with Crippen molar-refractivity contribution in [1.82, 2.24) is 5.32 Å². The number of anilines is 1. The van der Waals surface area contributed by atoms with E-state index in [-0.39, 0.29) is 23.1 Å². The number of ether oxygens (including phenoxy) is 2. The van der Waals surface area contributed by atoms with Gasteiger partial charge < -0.3 is 20.1 Å². The Morgan fingerprint density at radius 2 is 1.59 bits per heavy atom. The molecule has 1 atom stereocenters. The maximum Gasteiger partial charge on any atom is 0.407 e. The van der Waals surface area contributed by atoms with Crippen LogP contribution in [0.3, 0.4) is 0 Å². The molecule has 3 aromatic rings. The zero-order valence-corrected chi connectivity index (χ0v) is 19.4. The lowest BCUT2D eigenvalue weighted by Gasteiger charge is -2.17. The quantitative estimate of drug-likeness (QED) is 0.487. The lowest BCUT2D eigenvalue weighted by molar-refractivity contribution is -0.117. The van der Waals surface area contributed by atoms with Crippen LogP contribution in [0.1, 0.15) is 34.3 Å². The van der Waals surface area contributed by atoms with Gasteiger partial charge in [0.25, 0.3) is 0 Å². The number of benzene rings is 3. The summed E-state index contributed by atoms with van der Waals surface area (Å²) in [6.07, 6.45) is -0.691. The molecule has 4 rings (SSSR count). The molecule has 0 saturated heterocycles. The van der Waals surface area contributed by atoms with Crippen LogP contribution in [0.15, 0.2) is 66.7 Å². The zero-order chi connectivity index (χ0) is 24.2. The van der Waals surface area contributed by atoms with E-state index < -0.39 is 24.0 Å². The summed E-state index contributed by atoms with van der Waals surface area (Å²) in [5.74, 6) is -1.11. The molecule has 0 radical (unpaired) electrons. The molecule has 0 aliphatic heterocycles. The van der Waals surface area contributed by atoms with Crippen molar-refractivity contribution in [2.45, 2.75) is 18.9 Å². The number of amides is 2. The number of hydrogen-bond acceptors (Lipinski definition) is 5. The Labute approximate surface area is 202 Å². The fourth-order valence-electron chi connectivity index (χ4n) is 4.00. The summed E-state index contributed by atoms with van der Waals surface area (Å²) < 4.78 is 10.1. The minimum absolute atomic E-state index is 0.0715. The van der Waals surface area contributed by atoms with Crippen molar-refractivity contribution >= 4 is 35.3 Å². The molecule has 1 aliphatic rings. The molecule has 8 heteroatoms. The molecule has 0 spiro atoms. The lowest BCUT2D eigenvalue weighted by atomic mass is 9.98. The van der Waals surface area contributed by atoms with Crippen LogP contribution >= 0.6 is 11.6 Å². The van der Waals surface area contributed by atoms with Gasteiger partial charge in [-0.05, 0) is 47.4 Å². The molecular formula is C26H23ClN2O5. The molecule has 1 unspecified atom stereocenters. The topological polar surface area (TPSA) is 93.7 Å². The molecule has 34 heavy (non-hydrogen) atoms. The summed E-state index contributed by atoms with van der Waals surface area (Å²) >= 11 is 6.08. The van der Waals surface area contributed by atoms with Crippen molar-refractivity contribution < 1.29 is 23.9 Å². The third-order valence-corrected chi connectivity index (χ3v) is 6.03. The molecular weight excluding hydrogens is 456 g/mol. The van der Waals surface area contributed by atoms with E-state index in [1.54, 1.807) is 6.92 Å². The summed E-state index contributed by atoms with van der Waals surface area (Å²) in [4.78, 5) is 36.6. The van der Waals surface area contributed by atoms with Crippen molar-refractivity contribution in [3.8, 4) is 11.1 Å². The molecule has 2 N–H and O–H groups in total. The fourth-order valence-corrected chi connectivity index (χ4v) is 4.26. The van der Waals surface area contributed by atoms with Crippen LogP contribution in [0.5, 0.6) is 0 Å². The van der Waals surface area contributed by atoms with Crippen molar-refractivity contribution in [3.63, 3.8) is 0 Å². The Morgan fingerprint density at radius 1 is 0.971 bits per heavy atom. The predicted octanol–water partition coefficient (Wildman–Crippen LogP) is 4.99. The van der Waals surface area contributed by atoms with Gasteiger partial charge in [-0.15, -0.1) is 0 Å². The lowest BCUT2D eigenvalue weighted by Crippen LogP contribution is -2.42. The van der Waals surface area contributed by atoms with Crippen molar-refractivity contribution in [2.24, 2.45) is 0 Å². The summed E-state index contributed by atoms with van der Waals surface area (Å²) in [6, 6.07) is 19.6. The smallest absolute Gasteiger partial charge is 0.407 e. The van der Waals surface area contributed by atoms with Crippen LogP contribution in [0, 0.1) is 0 Å². The highest BCUT2D eigenvalue weighted by molar-refractivity contribution is 6.34. The van der Waals surface area contributed by atoms with Gasteiger partial charge in [0.15, 0.2) is 0 Å². The number of esters is 1. The molecule has 0 saturated carbocycles. The molecule has 0 bridgehead atoms. The molecule has 3 aromatic carbocycles. The Hall–Kier alpha value is -3.84. The standard InChI is InChI=1S/C26H23ClN2O5/c1-15(24(30)29-16-11-12-21(23(27)13-16)25(31)33-2)28-26(32)34-14-22-19-9-5-3-7-17(19)18-8-4-6-10-20(18)22/h3-13,15,22H,14H2,1-2H3,(H,28,32)(H,29,30). The van der Waals surface area contributed by atoms with E-state index in [0.717, 1.165) is 22.3 Å². The molecule has 0 aromatic heterocycles. The van der Waals surface area contributed by atoms with Crippen LogP contribution in [0.4, 0.5) is 10.5 Å². The Kier molecular flexibility index (Phi) is 6.84. The maximum atomic E-state index is 12.5. The first-order valence-electron chi connectivity index (χ1n) is 10.7. The van der Waals surface area contributed by atoms with Gasteiger partial charge in [0.2, 0.25) is 5.91 Å². The van der Waals surface area contributed by atoms with Gasteiger partial charge >= 0.3 is 12.1 Å². The maximum absolute atomic E-state index is 12.5. The van der Waals surface area contributed by atoms with Gasteiger partial charge in [-0.2, -0.15) is 0 Å². The molecule has 0 heterocycles. The monoisotopic (exact) mass is 478 g/mol. The van der Waals surface area contributed by atoms with Crippen LogP contribution in [-0.4, -0.2) is 37.7 Å². The third-order valence-electron chi connectivity index (χ3n) is 5.71. The van der Waals surface area contributed by atoms with Crippen LogP contribution < -0.4 is 10.6 Å². The average molecular weight is 479 g/mol. The van der Waals surface area contributed by atoms with E-state index in [1.165, 1.54) is 25.3 Å². The van der Waals surface area contributed by atoms with E-state index in [4.69, 9.17) is 16.3 Å². The van der Waals surface area contributed by atoms with Crippen molar-refractivity contribution in [3.05, 3.63) is 88.4 Å². The number of carbonyl (C=O) groups excluding carboxylic acids is 3. The second-order valence-electron chi connectivity index (χ2n) is 7.87. The SMILES string of the molecule is COC(=O)c1ccc(NC(=O)C(C)NC(=O)OCC2c3ccccc3-c3ccccc32)cc1Cl. The van der Waals surface area contributed by atoms with Crippen molar-refractivity contribution in [1.29, 1.82) is 0 Å². The van der Waals surface area contributed by atoms with Gasteiger partial charge in [0.1, 0.15) is 12.6 Å². The van der Waals surface area contributed by atoms with Gasteiger partial charge in [-0.25, -0.2) is 9.59 Å². The molecule has 1 aliphatic carbocycles. The van der Waals surface area contributed by atoms with Crippen LogP contribution in [0.25, 0.3) is 11.1 Å². The molecule has 7 nitrogen and oxygen atoms in total. The Morgan fingerprint density at radius 3 is 2.18 bits per heavy atom. The first-order chi connectivity index (χ1) is 16.4. The highest BCUT2D eigenvalue weighted by atomic mass is 35.5. The van der Waals surface area contributed by atoms with Crippen molar-refractivity contribution in [2.75, 3.05) is 19.0 Å². The van der Waals surface area contributed by atoms with E-state index in [2.05, 4.69) is 27.5 Å². The highest BCUT2D eigenvalue weighted by Gasteiger charge is 2.29. The van der Waals surface area contributed by atoms with Gasteiger partial charge in [-0.1, -0.05) is 60.1 Å². The largest absolute Gasteiger partial charge is 0.465 e. The number of carbonyl (C=O) groups is 3. The number of nitrogens with one attached hydrogen (secondary N) is 2. The van der Waals surface area contributed by atoms with E-state index >= 15 is 0 Å². The fraction of sp³-hybridized carbons (Fsp3) is 0.192. The first-order valence-corrected chi connectivity index (χ1v) is 11.1. The number of hydrogen-bond donors (Lipinski definition) is 2. The van der Waals surface area contributed by atoms with Gasteiger partial charge in [0.05, 0.1) is 17.7 Å². The number of rotatable bonds is 6. The number of halogens is 1. The predicted molar refractivity (Wildman–Crippen MR) is 129 cm³/mol.